The van der Waals surface area contributed by atoms with E-state index in [9.17, 15) is 4.79 Å². The SMILES string of the molecule is Cc1ccc(C2(C(=O)NCC(N)c3ccccc3)CCOCC2)cc1.Cl. The third-order valence-corrected chi connectivity index (χ3v) is 5.10. The molecule has 3 N–H and O–H groups in total. The Balaban J connectivity index is 0.00000243. The summed E-state index contributed by atoms with van der Waals surface area (Å²) < 4.78 is 5.51. The van der Waals surface area contributed by atoms with E-state index in [2.05, 4.69) is 36.5 Å². The Hall–Kier alpha value is -1.88. The van der Waals surface area contributed by atoms with Gasteiger partial charge in [-0.05, 0) is 30.9 Å². The average Bonchev–Trinajstić information content (AvgIpc) is 2.67. The van der Waals surface area contributed by atoms with E-state index in [4.69, 9.17) is 10.5 Å². The first-order valence-corrected chi connectivity index (χ1v) is 8.85. The summed E-state index contributed by atoms with van der Waals surface area (Å²) in [5, 5.41) is 3.09. The predicted octanol–water partition coefficient (Wildman–Crippen LogP) is 3.28. The summed E-state index contributed by atoms with van der Waals surface area (Å²) in [5.74, 6) is 0.0473. The second kappa shape index (κ2) is 9.17. The van der Waals surface area contributed by atoms with Crippen LogP contribution in [0.2, 0.25) is 0 Å². The van der Waals surface area contributed by atoms with Crippen LogP contribution >= 0.6 is 12.4 Å². The summed E-state index contributed by atoms with van der Waals surface area (Å²) in [6, 6.07) is 17.9. The van der Waals surface area contributed by atoms with Crippen molar-refractivity contribution in [1.82, 2.24) is 5.32 Å². The van der Waals surface area contributed by atoms with Gasteiger partial charge in [0.1, 0.15) is 0 Å². The number of hydrogen-bond acceptors (Lipinski definition) is 3. The van der Waals surface area contributed by atoms with Crippen molar-refractivity contribution >= 4 is 18.3 Å². The third kappa shape index (κ3) is 4.44. The van der Waals surface area contributed by atoms with Crippen molar-refractivity contribution in [2.24, 2.45) is 5.73 Å². The molecule has 0 spiro atoms. The Labute approximate surface area is 161 Å². The summed E-state index contributed by atoms with van der Waals surface area (Å²) in [6.07, 6.45) is 1.39. The maximum absolute atomic E-state index is 13.1. The number of nitrogens with two attached hydrogens (primary N) is 1. The van der Waals surface area contributed by atoms with Gasteiger partial charge in [0.2, 0.25) is 5.91 Å². The van der Waals surface area contributed by atoms with E-state index < -0.39 is 5.41 Å². The zero-order valence-corrected chi connectivity index (χ0v) is 15.9. The Morgan fingerprint density at radius 1 is 1.12 bits per heavy atom. The number of amides is 1. The van der Waals surface area contributed by atoms with Gasteiger partial charge >= 0.3 is 0 Å². The molecule has 3 rings (SSSR count). The minimum atomic E-state index is -0.525. The van der Waals surface area contributed by atoms with Crippen molar-refractivity contribution in [3.63, 3.8) is 0 Å². The van der Waals surface area contributed by atoms with Crippen LogP contribution in [0, 0.1) is 6.92 Å². The van der Waals surface area contributed by atoms with E-state index in [0.29, 0.717) is 32.6 Å². The fraction of sp³-hybridized carbons (Fsp3) is 0.381. The first-order valence-electron chi connectivity index (χ1n) is 8.85. The third-order valence-electron chi connectivity index (χ3n) is 5.10. The lowest BCUT2D eigenvalue weighted by molar-refractivity contribution is -0.130. The van der Waals surface area contributed by atoms with E-state index in [1.807, 2.05) is 30.3 Å². The highest BCUT2D eigenvalue weighted by Crippen LogP contribution is 2.35. The summed E-state index contributed by atoms with van der Waals surface area (Å²) in [5.41, 5.74) is 8.99. The summed E-state index contributed by atoms with van der Waals surface area (Å²) >= 11 is 0. The first kappa shape index (κ1) is 20.4. The van der Waals surface area contributed by atoms with Crippen LogP contribution in [0.3, 0.4) is 0 Å². The molecular weight excluding hydrogens is 348 g/mol. The van der Waals surface area contributed by atoms with Crippen molar-refractivity contribution in [1.29, 1.82) is 0 Å². The average molecular weight is 375 g/mol. The van der Waals surface area contributed by atoms with Crippen LogP contribution in [0.5, 0.6) is 0 Å². The fourth-order valence-corrected chi connectivity index (χ4v) is 3.43. The monoisotopic (exact) mass is 374 g/mol. The van der Waals surface area contributed by atoms with Crippen LogP contribution in [-0.2, 0) is 14.9 Å². The number of carbonyl (C=O) groups excluding carboxylic acids is 1. The molecule has 1 aliphatic rings. The van der Waals surface area contributed by atoms with Gasteiger partial charge in [-0.15, -0.1) is 12.4 Å². The van der Waals surface area contributed by atoms with Gasteiger partial charge in [0, 0.05) is 25.8 Å². The molecule has 2 aromatic rings. The molecule has 2 aromatic carbocycles. The Morgan fingerprint density at radius 2 is 1.73 bits per heavy atom. The summed E-state index contributed by atoms with van der Waals surface area (Å²) in [4.78, 5) is 13.1. The van der Waals surface area contributed by atoms with Crippen molar-refractivity contribution in [2.45, 2.75) is 31.2 Å². The van der Waals surface area contributed by atoms with Gasteiger partial charge in [-0.25, -0.2) is 0 Å². The summed E-state index contributed by atoms with van der Waals surface area (Å²) in [6.45, 7) is 3.69. The normalized spacial score (nSPS) is 17.0. The van der Waals surface area contributed by atoms with Gasteiger partial charge in [0.25, 0.3) is 0 Å². The molecule has 0 bridgehead atoms. The van der Waals surface area contributed by atoms with Crippen molar-refractivity contribution in [3.05, 3.63) is 71.3 Å². The lowest BCUT2D eigenvalue weighted by atomic mass is 9.73. The molecule has 26 heavy (non-hydrogen) atoms. The van der Waals surface area contributed by atoms with Crippen LogP contribution in [0.4, 0.5) is 0 Å². The highest BCUT2D eigenvalue weighted by Gasteiger charge is 2.41. The van der Waals surface area contributed by atoms with Crippen LogP contribution in [0.25, 0.3) is 0 Å². The fourth-order valence-electron chi connectivity index (χ4n) is 3.43. The molecule has 0 saturated carbocycles. The molecule has 0 aromatic heterocycles. The number of rotatable bonds is 5. The van der Waals surface area contributed by atoms with Gasteiger partial charge in [-0.3, -0.25) is 4.79 Å². The van der Waals surface area contributed by atoms with Crippen LogP contribution in [0.1, 0.15) is 35.6 Å². The van der Waals surface area contributed by atoms with Crippen molar-refractivity contribution < 1.29 is 9.53 Å². The largest absolute Gasteiger partial charge is 0.381 e. The molecule has 140 valence electrons. The molecule has 1 atom stereocenters. The molecule has 1 aliphatic heterocycles. The van der Waals surface area contributed by atoms with Crippen molar-refractivity contribution in [3.8, 4) is 0 Å². The highest BCUT2D eigenvalue weighted by molar-refractivity contribution is 5.88. The number of carbonyl (C=O) groups is 1. The topological polar surface area (TPSA) is 64.4 Å². The second-order valence-electron chi connectivity index (χ2n) is 6.79. The maximum atomic E-state index is 13.1. The number of halogens is 1. The van der Waals surface area contributed by atoms with Crippen LogP contribution in [-0.4, -0.2) is 25.7 Å². The predicted molar refractivity (Wildman–Crippen MR) is 107 cm³/mol. The number of aryl methyl sites for hydroxylation is 1. The molecule has 0 radical (unpaired) electrons. The van der Waals surface area contributed by atoms with Crippen LogP contribution in [0.15, 0.2) is 54.6 Å². The number of ether oxygens (including phenoxy) is 1. The van der Waals surface area contributed by atoms with E-state index in [1.165, 1.54) is 5.56 Å². The van der Waals surface area contributed by atoms with Crippen molar-refractivity contribution in [2.75, 3.05) is 19.8 Å². The molecule has 1 amide bonds. The zero-order chi connectivity index (χ0) is 17.7. The smallest absolute Gasteiger partial charge is 0.230 e. The molecular formula is C21H27ClN2O2. The molecule has 1 saturated heterocycles. The summed E-state index contributed by atoms with van der Waals surface area (Å²) in [7, 11) is 0. The molecule has 1 unspecified atom stereocenters. The van der Waals surface area contributed by atoms with E-state index in [-0.39, 0.29) is 24.4 Å². The Bertz CT molecular complexity index is 698. The zero-order valence-electron chi connectivity index (χ0n) is 15.1. The molecule has 5 heteroatoms. The lowest BCUT2D eigenvalue weighted by Gasteiger charge is -2.36. The van der Waals surface area contributed by atoms with Gasteiger partial charge in [0.15, 0.2) is 0 Å². The standard InChI is InChI=1S/C21H26N2O2.ClH/c1-16-7-9-18(10-8-16)21(11-13-25-14-12-21)20(24)23-15-19(22)17-5-3-2-4-6-17;/h2-10,19H,11-15,22H2,1H3,(H,23,24);1H. The number of hydrogen-bond donors (Lipinski definition) is 2. The van der Waals surface area contributed by atoms with E-state index >= 15 is 0 Å². The van der Waals surface area contributed by atoms with E-state index in [1.54, 1.807) is 0 Å². The first-order chi connectivity index (χ1) is 12.1. The van der Waals surface area contributed by atoms with Crippen LogP contribution < -0.4 is 11.1 Å². The quantitative estimate of drug-likeness (QED) is 0.844. The number of benzene rings is 2. The van der Waals surface area contributed by atoms with E-state index in [0.717, 1.165) is 11.1 Å². The molecule has 1 heterocycles. The minimum Gasteiger partial charge on any atom is -0.381 e. The molecule has 4 nitrogen and oxygen atoms in total. The maximum Gasteiger partial charge on any atom is 0.230 e. The van der Waals surface area contributed by atoms with Gasteiger partial charge in [0.05, 0.1) is 5.41 Å². The second-order valence-corrected chi connectivity index (χ2v) is 6.79. The number of nitrogens with one attached hydrogen (secondary N) is 1. The van der Waals surface area contributed by atoms with Gasteiger partial charge in [-0.1, -0.05) is 60.2 Å². The molecule has 1 fully saturated rings. The Morgan fingerprint density at radius 3 is 2.35 bits per heavy atom. The van der Waals surface area contributed by atoms with Gasteiger partial charge in [-0.2, -0.15) is 0 Å². The Kier molecular flexibility index (Phi) is 7.21. The lowest BCUT2D eigenvalue weighted by Crippen LogP contribution is -2.49. The highest BCUT2D eigenvalue weighted by atomic mass is 35.5. The van der Waals surface area contributed by atoms with Gasteiger partial charge < -0.3 is 15.8 Å². The minimum absolute atomic E-state index is 0. The molecule has 0 aliphatic carbocycles.